The highest BCUT2D eigenvalue weighted by Gasteiger charge is 2.23. The van der Waals surface area contributed by atoms with E-state index in [-0.39, 0.29) is 0 Å². The zero-order valence-electron chi connectivity index (χ0n) is 9.04. The first-order valence-corrected chi connectivity index (χ1v) is 5.71. The molecule has 0 amide bonds. The van der Waals surface area contributed by atoms with Gasteiger partial charge in [0.15, 0.2) is 0 Å². The first-order valence-electron chi connectivity index (χ1n) is 5.71. The summed E-state index contributed by atoms with van der Waals surface area (Å²) in [5, 5.41) is 8.48. The maximum Gasteiger partial charge on any atom is 0.0608 e. The van der Waals surface area contributed by atoms with Crippen LogP contribution in [0, 0.1) is 0 Å². The second kappa shape index (κ2) is 5.07. The van der Waals surface area contributed by atoms with Crippen LogP contribution in [0.5, 0.6) is 0 Å². The van der Waals surface area contributed by atoms with E-state index in [4.69, 9.17) is 4.74 Å². The van der Waals surface area contributed by atoms with Gasteiger partial charge >= 0.3 is 0 Å². The Bertz CT molecular complexity index is 171. The number of rotatable bonds is 2. The number of ether oxygens (including phenoxy) is 1. The lowest BCUT2D eigenvalue weighted by Crippen LogP contribution is -2.58. The van der Waals surface area contributed by atoms with Gasteiger partial charge in [-0.2, -0.15) is 0 Å². The zero-order chi connectivity index (χ0) is 9.80. The van der Waals surface area contributed by atoms with E-state index < -0.39 is 0 Å². The van der Waals surface area contributed by atoms with Gasteiger partial charge in [-0.15, -0.1) is 0 Å². The molecule has 0 aromatic carbocycles. The van der Waals surface area contributed by atoms with Crippen molar-refractivity contribution < 1.29 is 4.74 Å². The molecule has 1 N–H and O–H groups in total. The van der Waals surface area contributed by atoms with Crippen LogP contribution in [0.3, 0.4) is 0 Å². The average Bonchev–Trinajstić information content (AvgIpc) is 2.30. The summed E-state index contributed by atoms with van der Waals surface area (Å²) in [6, 6.07) is 0.673. The summed E-state index contributed by atoms with van der Waals surface area (Å²) in [4.78, 5) is 0. The van der Waals surface area contributed by atoms with E-state index in [1.807, 2.05) is 0 Å². The minimum absolute atomic E-state index is 0.673. The van der Waals surface area contributed by atoms with Crippen molar-refractivity contribution in [1.82, 2.24) is 15.3 Å². The second-order valence-electron chi connectivity index (χ2n) is 4.04. The molecule has 4 nitrogen and oxygen atoms in total. The average molecular weight is 199 g/mol. The van der Waals surface area contributed by atoms with E-state index in [1.165, 1.54) is 6.42 Å². The molecule has 14 heavy (non-hydrogen) atoms. The SMILES string of the molecule is CCC1CN(N2CCOCC2)CCN1. The second-order valence-corrected chi connectivity index (χ2v) is 4.04. The summed E-state index contributed by atoms with van der Waals surface area (Å²) < 4.78 is 5.36. The molecule has 2 aliphatic rings. The highest BCUT2D eigenvalue weighted by atomic mass is 16.5. The summed E-state index contributed by atoms with van der Waals surface area (Å²) >= 11 is 0. The summed E-state index contributed by atoms with van der Waals surface area (Å²) in [6.45, 7) is 9.59. The van der Waals surface area contributed by atoms with E-state index in [0.717, 1.165) is 45.9 Å². The molecule has 0 aliphatic carbocycles. The Kier molecular flexibility index (Phi) is 3.75. The summed E-state index contributed by atoms with van der Waals surface area (Å²) in [5.41, 5.74) is 0. The minimum Gasteiger partial charge on any atom is -0.379 e. The lowest BCUT2D eigenvalue weighted by molar-refractivity contribution is -0.101. The van der Waals surface area contributed by atoms with Crippen LogP contribution in [0.1, 0.15) is 13.3 Å². The smallest absolute Gasteiger partial charge is 0.0608 e. The highest BCUT2D eigenvalue weighted by molar-refractivity contribution is 4.77. The summed E-state index contributed by atoms with van der Waals surface area (Å²) in [5.74, 6) is 0. The molecule has 4 heteroatoms. The first kappa shape index (κ1) is 10.4. The standard InChI is InChI=1S/C10H21N3O/c1-2-10-9-13(4-3-11-10)12-5-7-14-8-6-12/h10-11H,2-9H2,1H3. The predicted molar refractivity (Wildman–Crippen MR) is 56.0 cm³/mol. The Morgan fingerprint density at radius 2 is 2.00 bits per heavy atom. The van der Waals surface area contributed by atoms with Gasteiger partial charge in [0.25, 0.3) is 0 Å². The molecule has 2 fully saturated rings. The molecule has 1 atom stereocenters. The van der Waals surface area contributed by atoms with Crippen molar-refractivity contribution in [3.8, 4) is 0 Å². The normalized spacial score (nSPS) is 31.9. The Hall–Kier alpha value is -0.160. The van der Waals surface area contributed by atoms with Crippen molar-refractivity contribution in [2.24, 2.45) is 0 Å². The molecule has 0 saturated carbocycles. The number of hydrogen-bond acceptors (Lipinski definition) is 4. The van der Waals surface area contributed by atoms with Crippen molar-refractivity contribution >= 4 is 0 Å². The van der Waals surface area contributed by atoms with Crippen LogP contribution in [0.15, 0.2) is 0 Å². The van der Waals surface area contributed by atoms with Gasteiger partial charge in [-0.25, -0.2) is 10.0 Å². The maximum absolute atomic E-state index is 5.36. The topological polar surface area (TPSA) is 27.7 Å². The molecule has 0 radical (unpaired) electrons. The first-order chi connectivity index (χ1) is 6.90. The van der Waals surface area contributed by atoms with E-state index >= 15 is 0 Å². The van der Waals surface area contributed by atoms with Crippen LogP contribution in [0.2, 0.25) is 0 Å². The minimum atomic E-state index is 0.673. The van der Waals surface area contributed by atoms with Gasteiger partial charge < -0.3 is 10.1 Å². The number of nitrogens with zero attached hydrogens (tertiary/aromatic N) is 2. The third-order valence-corrected chi connectivity index (χ3v) is 3.11. The maximum atomic E-state index is 5.36. The van der Waals surface area contributed by atoms with Gasteiger partial charge in [0, 0.05) is 38.8 Å². The van der Waals surface area contributed by atoms with Crippen LogP contribution in [-0.4, -0.2) is 62.0 Å². The zero-order valence-corrected chi connectivity index (χ0v) is 9.04. The molecule has 0 aromatic heterocycles. The fourth-order valence-corrected chi connectivity index (χ4v) is 2.17. The molecule has 82 valence electrons. The molecule has 0 spiro atoms. The van der Waals surface area contributed by atoms with Gasteiger partial charge in [0.05, 0.1) is 13.2 Å². The van der Waals surface area contributed by atoms with Crippen LogP contribution in [0.25, 0.3) is 0 Å². The van der Waals surface area contributed by atoms with Crippen LogP contribution in [0.4, 0.5) is 0 Å². The van der Waals surface area contributed by atoms with Crippen molar-refractivity contribution in [2.45, 2.75) is 19.4 Å². The van der Waals surface area contributed by atoms with E-state index in [0.29, 0.717) is 6.04 Å². The lowest BCUT2D eigenvalue weighted by Gasteiger charge is -2.42. The number of nitrogens with one attached hydrogen (secondary N) is 1. The van der Waals surface area contributed by atoms with Gasteiger partial charge in [-0.3, -0.25) is 0 Å². The molecule has 2 aliphatic heterocycles. The molecule has 2 saturated heterocycles. The van der Waals surface area contributed by atoms with Gasteiger partial charge in [-0.05, 0) is 6.42 Å². The van der Waals surface area contributed by atoms with Crippen molar-refractivity contribution in [3.63, 3.8) is 0 Å². The molecule has 1 unspecified atom stereocenters. The van der Waals surface area contributed by atoms with E-state index in [9.17, 15) is 0 Å². The number of morpholine rings is 1. The monoisotopic (exact) mass is 199 g/mol. The molecule has 2 rings (SSSR count). The predicted octanol–water partition coefficient (Wildman–Crippen LogP) is -0.0826. The van der Waals surface area contributed by atoms with Crippen LogP contribution < -0.4 is 5.32 Å². The highest BCUT2D eigenvalue weighted by Crippen LogP contribution is 2.08. The fraction of sp³-hybridized carbons (Fsp3) is 1.00. The third kappa shape index (κ3) is 2.45. The van der Waals surface area contributed by atoms with E-state index in [1.54, 1.807) is 0 Å². The molecule has 0 bridgehead atoms. The number of piperazine rings is 1. The lowest BCUT2D eigenvalue weighted by atomic mass is 10.2. The summed E-state index contributed by atoms with van der Waals surface area (Å²) in [6.07, 6.45) is 1.22. The Balaban J connectivity index is 1.83. The fourth-order valence-electron chi connectivity index (χ4n) is 2.17. The van der Waals surface area contributed by atoms with Gasteiger partial charge in [-0.1, -0.05) is 6.92 Å². The van der Waals surface area contributed by atoms with Crippen molar-refractivity contribution in [2.75, 3.05) is 45.9 Å². The van der Waals surface area contributed by atoms with Crippen molar-refractivity contribution in [1.29, 1.82) is 0 Å². The van der Waals surface area contributed by atoms with E-state index in [2.05, 4.69) is 22.3 Å². The third-order valence-electron chi connectivity index (χ3n) is 3.11. The van der Waals surface area contributed by atoms with Crippen LogP contribution >= 0.6 is 0 Å². The summed E-state index contributed by atoms with van der Waals surface area (Å²) in [7, 11) is 0. The Labute approximate surface area is 86.2 Å². The quantitative estimate of drug-likeness (QED) is 0.673. The molecular weight excluding hydrogens is 178 g/mol. The van der Waals surface area contributed by atoms with Gasteiger partial charge in [0.1, 0.15) is 0 Å². The van der Waals surface area contributed by atoms with Crippen molar-refractivity contribution in [3.05, 3.63) is 0 Å². The number of hydrazine groups is 1. The van der Waals surface area contributed by atoms with Crippen LogP contribution in [-0.2, 0) is 4.74 Å². The molecule has 0 aromatic rings. The van der Waals surface area contributed by atoms with Gasteiger partial charge in [0.2, 0.25) is 0 Å². The molecular formula is C10H21N3O. The Morgan fingerprint density at radius 1 is 1.21 bits per heavy atom. The number of hydrogen-bond donors (Lipinski definition) is 1. The molecule has 2 heterocycles. The Morgan fingerprint density at radius 3 is 2.71 bits per heavy atom. The largest absolute Gasteiger partial charge is 0.379 e.